The van der Waals surface area contributed by atoms with Gasteiger partial charge in [-0.1, -0.05) is 17.7 Å². The highest BCUT2D eigenvalue weighted by Crippen LogP contribution is 2.27. The van der Waals surface area contributed by atoms with Gasteiger partial charge in [0.05, 0.1) is 12.1 Å². The van der Waals surface area contributed by atoms with Crippen LogP contribution in [0.5, 0.6) is 5.75 Å². The summed E-state index contributed by atoms with van der Waals surface area (Å²) in [4.78, 5) is 4.25. The lowest BCUT2D eigenvalue weighted by atomic mass is 10.2. The fourth-order valence-electron chi connectivity index (χ4n) is 1.58. The number of pyridine rings is 1. The Morgan fingerprint density at radius 3 is 2.72 bits per heavy atom. The summed E-state index contributed by atoms with van der Waals surface area (Å²) < 4.78 is 5.11. The van der Waals surface area contributed by atoms with Crippen molar-refractivity contribution in [2.75, 3.05) is 12.4 Å². The van der Waals surface area contributed by atoms with Gasteiger partial charge in [-0.05, 0) is 36.8 Å². The maximum atomic E-state index is 6.05. The molecule has 0 aliphatic carbocycles. The molecule has 0 spiro atoms. The molecule has 0 radical (unpaired) electrons. The summed E-state index contributed by atoms with van der Waals surface area (Å²) >= 11 is 6.05. The van der Waals surface area contributed by atoms with Crippen molar-refractivity contribution >= 4 is 17.3 Å². The highest BCUT2D eigenvalue weighted by molar-refractivity contribution is 6.32. The number of aryl methyl sites for hydroxylation is 1. The number of rotatable bonds is 4. The maximum absolute atomic E-state index is 6.05. The summed E-state index contributed by atoms with van der Waals surface area (Å²) in [5.41, 5.74) is 3.11. The van der Waals surface area contributed by atoms with Crippen LogP contribution in [0, 0.1) is 6.92 Å². The van der Waals surface area contributed by atoms with Gasteiger partial charge in [0.1, 0.15) is 5.75 Å². The van der Waals surface area contributed by atoms with Crippen molar-refractivity contribution in [1.82, 2.24) is 4.98 Å². The summed E-state index contributed by atoms with van der Waals surface area (Å²) in [7, 11) is 1.60. The van der Waals surface area contributed by atoms with Crippen LogP contribution < -0.4 is 10.1 Å². The topological polar surface area (TPSA) is 34.1 Å². The normalized spacial score (nSPS) is 10.2. The molecule has 0 atom stereocenters. The molecule has 3 nitrogen and oxygen atoms in total. The van der Waals surface area contributed by atoms with Crippen molar-refractivity contribution in [2.24, 2.45) is 0 Å². The zero-order valence-corrected chi connectivity index (χ0v) is 11.2. The van der Waals surface area contributed by atoms with E-state index in [1.54, 1.807) is 7.11 Å². The smallest absolute Gasteiger partial charge is 0.137 e. The zero-order chi connectivity index (χ0) is 13.0. The monoisotopic (exact) mass is 262 g/mol. The first kappa shape index (κ1) is 12.7. The van der Waals surface area contributed by atoms with Crippen LogP contribution in [0.4, 0.5) is 5.69 Å². The molecule has 1 aromatic carbocycles. The van der Waals surface area contributed by atoms with Crippen molar-refractivity contribution in [1.29, 1.82) is 0 Å². The van der Waals surface area contributed by atoms with Crippen LogP contribution in [-0.2, 0) is 6.54 Å². The van der Waals surface area contributed by atoms with E-state index in [0.29, 0.717) is 10.8 Å². The van der Waals surface area contributed by atoms with Crippen LogP contribution >= 0.6 is 11.6 Å². The molecule has 0 saturated carbocycles. The standard InChI is InChI=1S/C14H15ClN2O/c1-10-3-4-11(8-16-10)9-17-12-5-6-14(18-2)13(15)7-12/h3-8,17H,9H2,1-2H3. The van der Waals surface area contributed by atoms with Crippen LogP contribution in [0.3, 0.4) is 0 Å². The molecule has 94 valence electrons. The number of nitrogens with one attached hydrogen (secondary N) is 1. The molecule has 0 unspecified atom stereocenters. The van der Waals surface area contributed by atoms with Gasteiger partial charge in [0, 0.05) is 24.1 Å². The predicted molar refractivity (Wildman–Crippen MR) is 74.3 cm³/mol. The SMILES string of the molecule is COc1ccc(NCc2ccc(C)nc2)cc1Cl. The fraction of sp³-hybridized carbons (Fsp3) is 0.214. The Morgan fingerprint density at radius 1 is 1.28 bits per heavy atom. The van der Waals surface area contributed by atoms with Gasteiger partial charge in [-0.15, -0.1) is 0 Å². The third-order valence-electron chi connectivity index (χ3n) is 2.62. The van der Waals surface area contributed by atoms with E-state index in [1.807, 2.05) is 37.4 Å². The highest BCUT2D eigenvalue weighted by atomic mass is 35.5. The second-order valence-electron chi connectivity index (χ2n) is 4.01. The quantitative estimate of drug-likeness (QED) is 0.913. The molecule has 0 bridgehead atoms. The van der Waals surface area contributed by atoms with Crippen molar-refractivity contribution in [3.05, 3.63) is 52.8 Å². The first-order chi connectivity index (χ1) is 8.69. The molecule has 2 aromatic rings. The zero-order valence-electron chi connectivity index (χ0n) is 10.4. The Balaban J connectivity index is 2.02. The Bertz CT molecular complexity index is 526. The molecule has 4 heteroatoms. The maximum Gasteiger partial charge on any atom is 0.137 e. The molecule has 0 amide bonds. The van der Waals surface area contributed by atoms with Crippen LogP contribution in [0.2, 0.25) is 5.02 Å². The summed E-state index contributed by atoms with van der Waals surface area (Å²) in [6.07, 6.45) is 1.87. The molecule has 2 rings (SSSR count). The number of methoxy groups -OCH3 is 1. The molecule has 0 aliphatic rings. The fourth-order valence-corrected chi connectivity index (χ4v) is 1.84. The minimum Gasteiger partial charge on any atom is -0.495 e. The van der Waals surface area contributed by atoms with Crippen molar-refractivity contribution in [3.8, 4) is 5.75 Å². The van der Waals surface area contributed by atoms with Gasteiger partial charge >= 0.3 is 0 Å². The Labute approximate surface area is 112 Å². The first-order valence-electron chi connectivity index (χ1n) is 5.68. The van der Waals surface area contributed by atoms with Gasteiger partial charge in [-0.25, -0.2) is 0 Å². The largest absolute Gasteiger partial charge is 0.495 e. The molecule has 0 aliphatic heterocycles. The number of hydrogen-bond acceptors (Lipinski definition) is 3. The van der Waals surface area contributed by atoms with Gasteiger partial charge in [-0.3, -0.25) is 4.98 Å². The Morgan fingerprint density at radius 2 is 2.11 bits per heavy atom. The summed E-state index contributed by atoms with van der Waals surface area (Å²) in [5.74, 6) is 0.680. The lowest BCUT2D eigenvalue weighted by Gasteiger charge is -2.09. The van der Waals surface area contributed by atoms with Crippen molar-refractivity contribution < 1.29 is 4.74 Å². The third kappa shape index (κ3) is 3.14. The van der Waals surface area contributed by atoms with Gasteiger partial charge in [0.25, 0.3) is 0 Å². The van der Waals surface area contributed by atoms with Crippen molar-refractivity contribution in [2.45, 2.75) is 13.5 Å². The Hall–Kier alpha value is -1.74. The molecular formula is C14H15ClN2O. The van der Waals surface area contributed by atoms with E-state index < -0.39 is 0 Å². The minimum atomic E-state index is 0.601. The van der Waals surface area contributed by atoms with Crippen LogP contribution in [0.15, 0.2) is 36.5 Å². The van der Waals surface area contributed by atoms with Gasteiger partial charge in [-0.2, -0.15) is 0 Å². The average Bonchev–Trinajstić information content (AvgIpc) is 2.38. The average molecular weight is 263 g/mol. The Kier molecular flexibility index (Phi) is 4.05. The van der Waals surface area contributed by atoms with Gasteiger partial charge in [0.2, 0.25) is 0 Å². The lowest BCUT2D eigenvalue weighted by Crippen LogP contribution is -2.00. The summed E-state index contributed by atoms with van der Waals surface area (Å²) in [5, 5.41) is 3.89. The van der Waals surface area contributed by atoms with E-state index in [9.17, 15) is 0 Å². The van der Waals surface area contributed by atoms with Gasteiger partial charge in [0.15, 0.2) is 0 Å². The second-order valence-corrected chi connectivity index (χ2v) is 4.42. The summed E-state index contributed by atoms with van der Waals surface area (Å²) in [6, 6.07) is 9.69. The number of nitrogens with zero attached hydrogens (tertiary/aromatic N) is 1. The summed E-state index contributed by atoms with van der Waals surface area (Å²) in [6.45, 7) is 2.69. The van der Waals surface area contributed by atoms with Crippen LogP contribution in [-0.4, -0.2) is 12.1 Å². The molecule has 0 saturated heterocycles. The van der Waals surface area contributed by atoms with Gasteiger partial charge < -0.3 is 10.1 Å². The number of anilines is 1. The minimum absolute atomic E-state index is 0.601. The molecular weight excluding hydrogens is 248 g/mol. The van der Waals surface area contributed by atoms with E-state index in [0.717, 1.165) is 23.5 Å². The van der Waals surface area contributed by atoms with E-state index in [-0.39, 0.29) is 0 Å². The van der Waals surface area contributed by atoms with E-state index >= 15 is 0 Å². The number of hydrogen-bond donors (Lipinski definition) is 1. The molecule has 1 heterocycles. The first-order valence-corrected chi connectivity index (χ1v) is 6.06. The highest BCUT2D eigenvalue weighted by Gasteiger charge is 2.01. The number of aromatic nitrogens is 1. The van der Waals surface area contributed by atoms with Crippen LogP contribution in [0.25, 0.3) is 0 Å². The number of ether oxygens (including phenoxy) is 1. The van der Waals surface area contributed by atoms with E-state index in [1.165, 1.54) is 0 Å². The molecule has 1 aromatic heterocycles. The predicted octanol–water partition coefficient (Wildman–Crippen LogP) is 3.66. The molecule has 18 heavy (non-hydrogen) atoms. The number of halogens is 1. The molecule has 0 fully saturated rings. The lowest BCUT2D eigenvalue weighted by molar-refractivity contribution is 0.415. The third-order valence-corrected chi connectivity index (χ3v) is 2.92. The second kappa shape index (κ2) is 5.74. The number of benzene rings is 1. The van der Waals surface area contributed by atoms with E-state index in [4.69, 9.17) is 16.3 Å². The van der Waals surface area contributed by atoms with E-state index in [2.05, 4.69) is 16.4 Å². The van der Waals surface area contributed by atoms with Crippen molar-refractivity contribution in [3.63, 3.8) is 0 Å². The molecule has 1 N–H and O–H groups in total. The van der Waals surface area contributed by atoms with Crippen LogP contribution in [0.1, 0.15) is 11.3 Å².